The van der Waals surface area contributed by atoms with Crippen molar-refractivity contribution in [3.63, 3.8) is 0 Å². The topological polar surface area (TPSA) is 22.1 Å². The van der Waals surface area contributed by atoms with Gasteiger partial charge < -0.3 is 4.74 Å². The summed E-state index contributed by atoms with van der Waals surface area (Å²) in [6.45, 7) is 3.13. The first kappa shape index (κ1) is 12.9. The molecular formula is C14H15F2NO. The molecule has 2 rings (SSSR count). The Morgan fingerprint density at radius 2 is 2.00 bits per heavy atom. The third kappa shape index (κ3) is 2.82. The van der Waals surface area contributed by atoms with E-state index in [1.807, 2.05) is 31.2 Å². The fourth-order valence-electron chi connectivity index (χ4n) is 1.80. The maximum absolute atomic E-state index is 13.1. The molecule has 0 saturated carbocycles. The minimum Gasteiger partial charge on any atom is -0.316 e. The van der Waals surface area contributed by atoms with Gasteiger partial charge in [0.05, 0.1) is 12.1 Å². The maximum Gasteiger partial charge on any atom is 0.355 e. The van der Waals surface area contributed by atoms with Gasteiger partial charge in [-0.05, 0) is 24.6 Å². The Kier molecular flexibility index (Phi) is 3.57. The molecule has 0 aliphatic carbocycles. The number of pyridine rings is 1. The molecule has 0 aliphatic rings. The molecule has 0 aliphatic heterocycles. The molecule has 1 heterocycles. The van der Waals surface area contributed by atoms with Crippen molar-refractivity contribution < 1.29 is 13.5 Å². The summed E-state index contributed by atoms with van der Waals surface area (Å²) in [6.07, 6.45) is -3.40. The lowest BCUT2D eigenvalue weighted by Crippen LogP contribution is -2.19. The van der Waals surface area contributed by atoms with Crippen molar-refractivity contribution in [2.75, 3.05) is 0 Å². The van der Waals surface area contributed by atoms with E-state index in [1.165, 1.54) is 6.92 Å². The van der Waals surface area contributed by atoms with Crippen LogP contribution in [-0.2, 0) is 11.3 Å². The van der Waals surface area contributed by atoms with Crippen molar-refractivity contribution in [3.8, 4) is 0 Å². The van der Waals surface area contributed by atoms with E-state index in [0.29, 0.717) is 0 Å². The predicted octanol–water partition coefficient (Wildman–Crippen LogP) is 4.06. The standard InChI is InChI=1S/C14H15F2NO/c1-3-14(15,16)18-9-11-8-10(2)17-13-7-5-4-6-12(11)13/h4-8H,3,9H2,1-2H3. The number of hydrogen-bond acceptors (Lipinski definition) is 2. The zero-order valence-electron chi connectivity index (χ0n) is 10.4. The summed E-state index contributed by atoms with van der Waals surface area (Å²) in [6, 6.07) is 9.25. The van der Waals surface area contributed by atoms with Gasteiger partial charge in [0.15, 0.2) is 0 Å². The van der Waals surface area contributed by atoms with Crippen molar-refractivity contribution in [1.82, 2.24) is 4.98 Å². The third-order valence-electron chi connectivity index (χ3n) is 2.78. The lowest BCUT2D eigenvalue weighted by molar-refractivity contribution is -0.246. The predicted molar refractivity (Wildman–Crippen MR) is 66.5 cm³/mol. The van der Waals surface area contributed by atoms with Crippen LogP contribution >= 0.6 is 0 Å². The number of hydrogen-bond donors (Lipinski definition) is 0. The molecular weight excluding hydrogens is 236 g/mol. The summed E-state index contributed by atoms with van der Waals surface area (Å²) in [5.41, 5.74) is 2.34. The van der Waals surface area contributed by atoms with E-state index >= 15 is 0 Å². The van der Waals surface area contributed by atoms with E-state index in [-0.39, 0.29) is 13.0 Å². The highest BCUT2D eigenvalue weighted by Crippen LogP contribution is 2.24. The summed E-state index contributed by atoms with van der Waals surface area (Å²) in [5, 5.41) is 0.856. The molecule has 0 unspecified atom stereocenters. The van der Waals surface area contributed by atoms with Crippen LogP contribution in [0.1, 0.15) is 24.6 Å². The highest BCUT2D eigenvalue weighted by atomic mass is 19.3. The second kappa shape index (κ2) is 4.98. The normalized spacial score (nSPS) is 12.0. The van der Waals surface area contributed by atoms with E-state index in [2.05, 4.69) is 9.72 Å². The molecule has 0 saturated heterocycles. The van der Waals surface area contributed by atoms with Crippen LogP contribution in [0.25, 0.3) is 10.9 Å². The average molecular weight is 251 g/mol. The highest BCUT2D eigenvalue weighted by Gasteiger charge is 2.27. The minimum absolute atomic E-state index is 0.106. The molecule has 4 heteroatoms. The van der Waals surface area contributed by atoms with E-state index in [9.17, 15) is 8.78 Å². The number of aromatic nitrogens is 1. The number of aryl methyl sites for hydroxylation is 1. The van der Waals surface area contributed by atoms with Gasteiger partial charge in [0.1, 0.15) is 0 Å². The number of alkyl halides is 2. The molecule has 0 amide bonds. The molecule has 0 spiro atoms. The van der Waals surface area contributed by atoms with E-state index in [1.54, 1.807) is 6.07 Å². The fourth-order valence-corrected chi connectivity index (χ4v) is 1.80. The number of para-hydroxylation sites is 1. The first-order valence-electron chi connectivity index (χ1n) is 5.89. The lowest BCUT2D eigenvalue weighted by atomic mass is 10.1. The number of benzene rings is 1. The van der Waals surface area contributed by atoms with E-state index in [0.717, 1.165) is 22.2 Å². The van der Waals surface area contributed by atoms with Crippen LogP contribution in [0, 0.1) is 6.92 Å². The third-order valence-corrected chi connectivity index (χ3v) is 2.78. The fraction of sp³-hybridized carbons (Fsp3) is 0.357. The molecule has 18 heavy (non-hydrogen) atoms. The van der Waals surface area contributed by atoms with Crippen LogP contribution in [0.3, 0.4) is 0 Å². The van der Waals surface area contributed by atoms with Gasteiger partial charge in [0.2, 0.25) is 0 Å². The molecule has 0 fully saturated rings. The van der Waals surface area contributed by atoms with Crippen LogP contribution in [0.15, 0.2) is 30.3 Å². The average Bonchev–Trinajstić information content (AvgIpc) is 2.36. The van der Waals surface area contributed by atoms with Gasteiger partial charge in [-0.25, -0.2) is 0 Å². The van der Waals surface area contributed by atoms with Crippen molar-refractivity contribution in [1.29, 1.82) is 0 Å². The van der Waals surface area contributed by atoms with Crippen molar-refractivity contribution in [2.45, 2.75) is 33.0 Å². The quantitative estimate of drug-likeness (QED) is 0.817. The van der Waals surface area contributed by atoms with Crippen LogP contribution in [0.5, 0.6) is 0 Å². The second-order valence-electron chi connectivity index (χ2n) is 4.22. The molecule has 2 nitrogen and oxygen atoms in total. The Bertz CT molecular complexity index is 554. The maximum atomic E-state index is 13.1. The van der Waals surface area contributed by atoms with Crippen LogP contribution < -0.4 is 0 Å². The molecule has 2 aromatic rings. The Hall–Kier alpha value is -1.55. The Morgan fingerprint density at radius 3 is 2.72 bits per heavy atom. The largest absolute Gasteiger partial charge is 0.355 e. The number of rotatable bonds is 4. The number of nitrogens with zero attached hydrogens (tertiary/aromatic N) is 1. The summed E-state index contributed by atoms with van der Waals surface area (Å²) in [4.78, 5) is 4.36. The highest BCUT2D eigenvalue weighted by molar-refractivity contribution is 5.82. The Labute approximate surface area is 105 Å². The Balaban J connectivity index is 2.33. The van der Waals surface area contributed by atoms with Gasteiger partial charge in [0.25, 0.3) is 0 Å². The SMILES string of the molecule is CCC(F)(F)OCc1cc(C)nc2ccccc12. The molecule has 1 aromatic carbocycles. The summed E-state index contributed by atoms with van der Waals surface area (Å²) in [5.74, 6) is 0. The smallest absolute Gasteiger partial charge is 0.316 e. The molecule has 0 radical (unpaired) electrons. The monoisotopic (exact) mass is 251 g/mol. The van der Waals surface area contributed by atoms with E-state index in [4.69, 9.17) is 0 Å². The van der Waals surface area contributed by atoms with Gasteiger partial charge in [-0.15, -0.1) is 0 Å². The van der Waals surface area contributed by atoms with Gasteiger partial charge in [-0.2, -0.15) is 8.78 Å². The Morgan fingerprint density at radius 1 is 1.28 bits per heavy atom. The van der Waals surface area contributed by atoms with Crippen LogP contribution in [0.4, 0.5) is 8.78 Å². The minimum atomic E-state index is -3.07. The van der Waals surface area contributed by atoms with Gasteiger partial charge in [-0.1, -0.05) is 25.1 Å². The lowest BCUT2D eigenvalue weighted by Gasteiger charge is -2.15. The first-order valence-corrected chi connectivity index (χ1v) is 5.89. The van der Waals surface area contributed by atoms with Gasteiger partial charge in [0, 0.05) is 17.5 Å². The van der Waals surface area contributed by atoms with E-state index < -0.39 is 6.11 Å². The summed E-state index contributed by atoms with van der Waals surface area (Å²) < 4.78 is 30.9. The molecule has 1 aromatic heterocycles. The molecule has 0 atom stereocenters. The van der Waals surface area contributed by atoms with Crippen LogP contribution in [-0.4, -0.2) is 11.1 Å². The van der Waals surface area contributed by atoms with Crippen LogP contribution in [0.2, 0.25) is 0 Å². The summed E-state index contributed by atoms with van der Waals surface area (Å²) in [7, 11) is 0. The van der Waals surface area contributed by atoms with Gasteiger partial charge >= 0.3 is 6.11 Å². The summed E-state index contributed by atoms with van der Waals surface area (Å²) >= 11 is 0. The van der Waals surface area contributed by atoms with Gasteiger partial charge in [-0.3, -0.25) is 4.98 Å². The van der Waals surface area contributed by atoms with Crippen molar-refractivity contribution in [3.05, 3.63) is 41.6 Å². The zero-order chi connectivity index (χ0) is 13.2. The number of ether oxygens (including phenoxy) is 1. The zero-order valence-corrected chi connectivity index (χ0v) is 10.4. The van der Waals surface area contributed by atoms with Crippen molar-refractivity contribution in [2.24, 2.45) is 0 Å². The number of halogens is 2. The van der Waals surface area contributed by atoms with Crippen molar-refractivity contribution >= 4 is 10.9 Å². The number of fused-ring (bicyclic) bond motifs is 1. The first-order chi connectivity index (χ1) is 8.52. The second-order valence-corrected chi connectivity index (χ2v) is 4.22. The molecule has 0 bridgehead atoms. The molecule has 96 valence electrons. The molecule has 0 N–H and O–H groups in total.